The number of hydrogen-bond acceptors (Lipinski definition) is 3. The van der Waals surface area contributed by atoms with E-state index in [1.165, 1.54) is 0 Å². The summed E-state index contributed by atoms with van der Waals surface area (Å²) in [6.07, 6.45) is 1.68. The summed E-state index contributed by atoms with van der Waals surface area (Å²) in [6.45, 7) is 1.76. The molecule has 0 N–H and O–H groups in total. The summed E-state index contributed by atoms with van der Waals surface area (Å²) >= 11 is 1.03. The van der Waals surface area contributed by atoms with Gasteiger partial charge in [0.05, 0.1) is 14.1 Å². The maximum atomic E-state index is 11.3. The molecular weight excluding hydrogens is 162 g/mol. The lowest BCUT2D eigenvalue weighted by Crippen LogP contribution is -2.43. The smallest absolute Gasteiger partial charge is 0.224 e. The molecule has 4 heteroatoms. The highest BCUT2D eigenvalue weighted by atomic mass is 32.2. The van der Waals surface area contributed by atoms with Crippen molar-refractivity contribution in [1.29, 1.82) is 0 Å². The van der Waals surface area contributed by atoms with Crippen LogP contribution >= 0.6 is 11.8 Å². The first kappa shape index (κ1) is 8.49. The quantitative estimate of drug-likeness (QED) is 0.408. The van der Waals surface area contributed by atoms with Crippen LogP contribution in [-0.2, 0) is 4.79 Å². The van der Waals surface area contributed by atoms with Crippen molar-refractivity contribution in [3.8, 4) is 0 Å². The summed E-state index contributed by atoms with van der Waals surface area (Å²) in [5, 5.41) is -0.108. The van der Waals surface area contributed by atoms with E-state index in [4.69, 9.17) is 0 Å². The van der Waals surface area contributed by atoms with Gasteiger partial charge in [0.15, 0.2) is 0 Å². The monoisotopic (exact) mass is 172 g/mol. The Morgan fingerprint density at radius 2 is 1.91 bits per heavy atom. The van der Waals surface area contributed by atoms with Crippen LogP contribution in [0.5, 0.6) is 0 Å². The van der Waals surface area contributed by atoms with Gasteiger partial charge in [0.1, 0.15) is 4.91 Å². The predicted octanol–water partition coefficient (Wildman–Crippen LogP) is 1.36. The van der Waals surface area contributed by atoms with Crippen LogP contribution < -0.4 is 0 Å². The third-order valence-corrected chi connectivity index (χ3v) is 2.90. The van der Waals surface area contributed by atoms with Crippen molar-refractivity contribution >= 4 is 22.9 Å². The van der Waals surface area contributed by atoms with E-state index in [1.54, 1.807) is 27.1 Å². The molecule has 0 aromatic carbocycles. The number of quaternary nitrogens is 1. The lowest BCUT2D eigenvalue weighted by atomic mass is 10.4. The Morgan fingerprint density at radius 3 is 2.09 bits per heavy atom. The topological polar surface area (TPSA) is 34.1 Å². The minimum atomic E-state index is -0.162. The van der Waals surface area contributed by atoms with Crippen molar-refractivity contribution < 1.29 is 14.1 Å². The van der Waals surface area contributed by atoms with Gasteiger partial charge >= 0.3 is 11.1 Å². The zero-order valence-corrected chi connectivity index (χ0v) is 7.57. The summed E-state index contributed by atoms with van der Waals surface area (Å²) in [4.78, 5) is 23.0. The summed E-state index contributed by atoms with van der Waals surface area (Å²) in [5.74, 6) is -0.109. The molecule has 1 aliphatic rings. The van der Waals surface area contributed by atoms with Gasteiger partial charge in [-0.05, 0) is 6.92 Å². The molecule has 1 heterocycles. The molecule has 11 heavy (non-hydrogen) atoms. The highest BCUT2D eigenvalue weighted by Crippen LogP contribution is 2.33. The van der Waals surface area contributed by atoms with Gasteiger partial charge in [-0.2, -0.15) is 4.48 Å². The minimum absolute atomic E-state index is 0.108. The number of imide groups is 1. The molecule has 0 spiro atoms. The van der Waals surface area contributed by atoms with Crippen LogP contribution in [-0.4, -0.2) is 29.7 Å². The Hall–Kier alpha value is -0.610. The van der Waals surface area contributed by atoms with Gasteiger partial charge in [0.2, 0.25) is 0 Å². The second-order valence-electron chi connectivity index (χ2n) is 2.78. The highest BCUT2D eigenvalue weighted by molar-refractivity contribution is 8.17. The van der Waals surface area contributed by atoms with Crippen molar-refractivity contribution in [1.82, 2.24) is 0 Å². The van der Waals surface area contributed by atoms with E-state index >= 15 is 0 Å². The Balaban J connectivity index is 3.08. The Kier molecular flexibility index (Phi) is 1.90. The largest absolute Gasteiger partial charge is 0.387 e. The van der Waals surface area contributed by atoms with E-state index in [9.17, 15) is 9.59 Å². The normalized spacial score (nSPS) is 26.6. The van der Waals surface area contributed by atoms with Crippen LogP contribution in [0.3, 0.4) is 0 Å². The molecule has 0 bridgehead atoms. The van der Waals surface area contributed by atoms with Crippen molar-refractivity contribution in [3.05, 3.63) is 11.0 Å². The summed E-state index contributed by atoms with van der Waals surface area (Å²) in [5.41, 5.74) is 0. The van der Waals surface area contributed by atoms with Gasteiger partial charge in [-0.25, -0.2) is 9.59 Å². The summed E-state index contributed by atoms with van der Waals surface area (Å²) in [7, 11) is 3.21. The fourth-order valence-electron chi connectivity index (χ4n) is 0.793. The maximum absolute atomic E-state index is 11.3. The van der Waals surface area contributed by atoms with Gasteiger partial charge < -0.3 is 0 Å². The number of likely N-dealkylation sites (N-methyl/N-ethyl adjacent to an activating group) is 1. The number of amides is 2. The van der Waals surface area contributed by atoms with Crippen LogP contribution in [0.1, 0.15) is 6.92 Å². The molecule has 1 saturated heterocycles. The van der Waals surface area contributed by atoms with E-state index in [0.717, 1.165) is 11.8 Å². The number of thioether (sulfide) groups is 1. The van der Waals surface area contributed by atoms with Crippen LogP contribution in [0, 0.1) is 0 Å². The van der Waals surface area contributed by atoms with Crippen LogP contribution in [0.2, 0.25) is 0 Å². The molecule has 3 nitrogen and oxygen atoms in total. The number of carbonyl (C=O) groups is 2. The lowest BCUT2D eigenvalue weighted by molar-refractivity contribution is -0.716. The predicted molar refractivity (Wildman–Crippen MR) is 43.9 cm³/mol. The molecule has 0 aromatic heterocycles. The first-order chi connectivity index (χ1) is 5.00. The van der Waals surface area contributed by atoms with Crippen LogP contribution in [0.15, 0.2) is 11.0 Å². The number of nitrogens with zero attached hydrogens (tertiary/aromatic N) is 1. The number of allylic oxidation sites excluding steroid dienone is 1. The average molecular weight is 172 g/mol. The Labute approximate surface area is 69.6 Å². The first-order valence-corrected chi connectivity index (χ1v) is 4.09. The lowest BCUT2D eigenvalue weighted by Gasteiger charge is -2.13. The van der Waals surface area contributed by atoms with E-state index in [1.807, 2.05) is 0 Å². The number of carbonyl (C=O) groups excluding carboxylic acids is 2. The average Bonchev–Trinajstić information content (AvgIpc) is 2.14. The van der Waals surface area contributed by atoms with Gasteiger partial charge in [-0.1, -0.05) is 6.08 Å². The van der Waals surface area contributed by atoms with Crippen molar-refractivity contribution in [3.63, 3.8) is 0 Å². The van der Waals surface area contributed by atoms with Crippen LogP contribution in [0.25, 0.3) is 0 Å². The van der Waals surface area contributed by atoms with Gasteiger partial charge in [0.25, 0.3) is 0 Å². The van der Waals surface area contributed by atoms with Crippen molar-refractivity contribution in [2.75, 3.05) is 14.1 Å². The van der Waals surface area contributed by atoms with Gasteiger partial charge in [-0.3, -0.25) is 0 Å². The molecule has 0 saturated carbocycles. The van der Waals surface area contributed by atoms with E-state index in [-0.39, 0.29) is 15.6 Å². The molecule has 0 radical (unpaired) electrons. The van der Waals surface area contributed by atoms with E-state index in [2.05, 4.69) is 0 Å². The fourth-order valence-corrected chi connectivity index (χ4v) is 1.73. The fraction of sp³-hybridized carbons (Fsp3) is 0.429. The molecule has 60 valence electrons. The molecule has 0 atom stereocenters. The molecule has 0 aliphatic carbocycles. The van der Waals surface area contributed by atoms with E-state index in [0.29, 0.717) is 4.91 Å². The zero-order valence-electron chi connectivity index (χ0n) is 6.75. The molecule has 1 aliphatic heterocycles. The Bertz CT molecular complexity index is 255. The summed E-state index contributed by atoms with van der Waals surface area (Å²) in [6, 6.07) is 0. The SMILES string of the molecule is CC=C1SC(=O)[N+](C)(C)C1=O. The minimum Gasteiger partial charge on any atom is -0.224 e. The highest BCUT2D eigenvalue weighted by Gasteiger charge is 2.47. The van der Waals surface area contributed by atoms with Gasteiger partial charge in [0, 0.05) is 11.8 Å². The molecule has 0 aromatic rings. The van der Waals surface area contributed by atoms with Crippen molar-refractivity contribution in [2.45, 2.75) is 6.92 Å². The van der Waals surface area contributed by atoms with Gasteiger partial charge in [-0.15, -0.1) is 0 Å². The first-order valence-electron chi connectivity index (χ1n) is 3.27. The molecule has 1 rings (SSSR count). The zero-order chi connectivity index (χ0) is 8.65. The number of rotatable bonds is 0. The molecule has 2 amide bonds. The second kappa shape index (κ2) is 2.46. The standard InChI is InChI=1S/C7H10NO2S/c1-4-5-6(9)8(2,3)7(10)11-5/h4H,1-3H3/q+1. The molecule has 1 fully saturated rings. The second-order valence-corrected chi connectivity index (χ2v) is 3.77. The third-order valence-electron chi connectivity index (χ3n) is 1.63. The van der Waals surface area contributed by atoms with E-state index < -0.39 is 0 Å². The Morgan fingerprint density at radius 1 is 1.36 bits per heavy atom. The third kappa shape index (κ3) is 1.12. The number of hydrogen-bond donors (Lipinski definition) is 0. The summed E-state index contributed by atoms with van der Waals surface area (Å²) < 4.78 is -0.162. The molecule has 0 unspecified atom stereocenters. The maximum Gasteiger partial charge on any atom is 0.387 e. The molecular formula is C7H10NO2S+. The van der Waals surface area contributed by atoms with Crippen molar-refractivity contribution in [2.24, 2.45) is 0 Å². The van der Waals surface area contributed by atoms with Crippen LogP contribution in [0.4, 0.5) is 4.79 Å².